The second-order valence-corrected chi connectivity index (χ2v) is 6.44. The van der Waals surface area contributed by atoms with Gasteiger partial charge in [-0.15, -0.1) is 0 Å². The average Bonchev–Trinajstić information content (AvgIpc) is 2.92. The van der Waals surface area contributed by atoms with Crippen LogP contribution in [-0.4, -0.2) is 23.3 Å². The summed E-state index contributed by atoms with van der Waals surface area (Å²) in [5.74, 6) is -0.963. The van der Waals surface area contributed by atoms with Crippen molar-refractivity contribution in [3.63, 3.8) is 0 Å². The van der Waals surface area contributed by atoms with E-state index in [1.54, 1.807) is 13.8 Å². The van der Waals surface area contributed by atoms with Crippen LogP contribution in [0, 0.1) is 0 Å². The number of hydrogen-bond donors (Lipinski definition) is 2. The Kier molecular flexibility index (Phi) is 4.55. The maximum Gasteiger partial charge on any atom is 0.335 e. The molecular formula is C19H22N2O3. The predicted molar refractivity (Wildman–Crippen MR) is 92.6 cm³/mol. The summed E-state index contributed by atoms with van der Waals surface area (Å²) in [6, 6.07) is 18.3. The Balaban J connectivity index is 1.75. The summed E-state index contributed by atoms with van der Waals surface area (Å²) < 4.78 is 5.64. The van der Waals surface area contributed by atoms with Gasteiger partial charge < -0.3 is 14.9 Å². The number of carbonyl (C=O) groups is 1. The number of nitrogens with one attached hydrogen (secondary N) is 1. The summed E-state index contributed by atoms with van der Waals surface area (Å²) in [5.41, 5.74) is 5.65. The van der Waals surface area contributed by atoms with Crippen LogP contribution in [0.15, 0.2) is 54.6 Å². The van der Waals surface area contributed by atoms with Gasteiger partial charge in [0.1, 0.15) is 0 Å². The van der Waals surface area contributed by atoms with E-state index in [4.69, 9.17) is 4.74 Å². The molecule has 5 heteroatoms. The van der Waals surface area contributed by atoms with Crippen LogP contribution in [0.1, 0.15) is 31.0 Å². The molecule has 0 aliphatic carbocycles. The Hall–Kier alpha value is -2.37. The first kappa shape index (κ1) is 16.5. The molecule has 1 unspecified atom stereocenters. The van der Waals surface area contributed by atoms with Gasteiger partial charge in [-0.05, 0) is 31.0 Å². The van der Waals surface area contributed by atoms with Gasteiger partial charge in [-0.3, -0.25) is 0 Å². The van der Waals surface area contributed by atoms with Gasteiger partial charge in [0.15, 0.2) is 5.60 Å². The summed E-state index contributed by atoms with van der Waals surface area (Å²) in [7, 11) is 0. The zero-order valence-electron chi connectivity index (χ0n) is 13.9. The van der Waals surface area contributed by atoms with Gasteiger partial charge in [0, 0.05) is 0 Å². The lowest BCUT2D eigenvalue weighted by Crippen LogP contribution is -2.40. The molecule has 1 aliphatic heterocycles. The number of hydrazine groups is 1. The molecule has 2 aromatic carbocycles. The van der Waals surface area contributed by atoms with Crippen molar-refractivity contribution < 1.29 is 14.6 Å². The molecule has 3 rings (SSSR count). The fraction of sp³-hybridized carbons (Fsp3) is 0.316. The molecule has 1 heterocycles. The second kappa shape index (κ2) is 6.63. The summed E-state index contributed by atoms with van der Waals surface area (Å²) in [6.45, 7) is 4.16. The Morgan fingerprint density at radius 3 is 2.54 bits per heavy atom. The Morgan fingerprint density at radius 1 is 1.17 bits per heavy atom. The lowest BCUT2D eigenvalue weighted by Gasteiger charge is -2.24. The van der Waals surface area contributed by atoms with Gasteiger partial charge in [0.05, 0.1) is 24.9 Å². The number of para-hydroxylation sites is 1. The predicted octanol–water partition coefficient (Wildman–Crippen LogP) is 3.13. The molecule has 0 saturated heterocycles. The van der Waals surface area contributed by atoms with Crippen molar-refractivity contribution in [1.29, 1.82) is 0 Å². The highest BCUT2D eigenvalue weighted by atomic mass is 16.5. The molecule has 0 spiro atoms. The number of aliphatic carboxylic acids is 1. The SMILES string of the molecule is CC(C)(OCC1NN(Cc2ccccc2)c2ccccc21)C(=O)O. The third-order valence-corrected chi connectivity index (χ3v) is 4.22. The molecule has 0 aromatic heterocycles. The monoisotopic (exact) mass is 326 g/mol. The maximum atomic E-state index is 11.2. The standard InChI is InChI=1S/C19H22N2O3/c1-19(2,18(22)23)24-13-16-15-10-6-7-11-17(15)21(20-16)12-14-8-4-3-5-9-14/h3-11,16,20H,12-13H2,1-2H3,(H,22,23). The van der Waals surface area contributed by atoms with Crippen molar-refractivity contribution in [2.45, 2.75) is 32.0 Å². The third-order valence-electron chi connectivity index (χ3n) is 4.22. The molecule has 0 bridgehead atoms. The Bertz CT molecular complexity index is 716. The second-order valence-electron chi connectivity index (χ2n) is 6.44. The van der Waals surface area contributed by atoms with Gasteiger partial charge in [-0.1, -0.05) is 48.5 Å². The van der Waals surface area contributed by atoms with E-state index in [9.17, 15) is 9.90 Å². The first-order chi connectivity index (χ1) is 11.5. The van der Waals surface area contributed by atoms with Crippen molar-refractivity contribution in [1.82, 2.24) is 5.43 Å². The van der Waals surface area contributed by atoms with Crippen molar-refractivity contribution >= 4 is 11.7 Å². The normalized spacial score (nSPS) is 16.9. The molecule has 24 heavy (non-hydrogen) atoms. The molecular weight excluding hydrogens is 304 g/mol. The third kappa shape index (κ3) is 3.42. The molecule has 1 aliphatic rings. The number of carboxylic acid groups (broad SMARTS) is 1. The van der Waals surface area contributed by atoms with Crippen LogP contribution in [-0.2, 0) is 16.1 Å². The van der Waals surface area contributed by atoms with E-state index in [-0.39, 0.29) is 6.04 Å². The van der Waals surface area contributed by atoms with Crippen molar-refractivity contribution in [2.75, 3.05) is 11.6 Å². The molecule has 0 radical (unpaired) electrons. The molecule has 0 amide bonds. The van der Waals surface area contributed by atoms with E-state index in [2.05, 4.69) is 34.7 Å². The zero-order chi connectivity index (χ0) is 17.2. The number of hydrogen-bond acceptors (Lipinski definition) is 4. The minimum atomic E-state index is -1.20. The first-order valence-corrected chi connectivity index (χ1v) is 8.01. The fourth-order valence-electron chi connectivity index (χ4n) is 2.73. The van der Waals surface area contributed by atoms with Crippen molar-refractivity contribution in [3.8, 4) is 0 Å². The summed E-state index contributed by atoms with van der Waals surface area (Å²) >= 11 is 0. The molecule has 1 atom stereocenters. The van der Waals surface area contributed by atoms with Crippen molar-refractivity contribution in [3.05, 3.63) is 65.7 Å². The van der Waals surface area contributed by atoms with E-state index in [0.717, 1.165) is 17.8 Å². The van der Waals surface area contributed by atoms with Crippen LogP contribution in [0.25, 0.3) is 0 Å². The van der Waals surface area contributed by atoms with E-state index in [1.807, 2.05) is 30.3 Å². The molecule has 0 saturated carbocycles. The quantitative estimate of drug-likeness (QED) is 0.854. The first-order valence-electron chi connectivity index (χ1n) is 8.01. The number of ether oxygens (including phenoxy) is 1. The minimum Gasteiger partial charge on any atom is -0.479 e. The molecule has 2 N–H and O–H groups in total. The smallest absolute Gasteiger partial charge is 0.335 e. The topological polar surface area (TPSA) is 61.8 Å². The summed E-state index contributed by atoms with van der Waals surface area (Å²) in [4.78, 5) is 11.2. The van der Waals surface area contributed by atoms with Crippen LogP contribution in [0.3, 0.4) is 0 Å². The fourth-order valence-corrected chi connectivity index (χ4v) is 2.73. The summed E-state index contributed by atoms with van der Waals surface area (Å²) in [5, 5.41) is 11.3. The van der Waals surface area contributed by atoms with Crippen LogP contribution in [0.4, 0.5) is 5.69 Å². The van der Waals surface area contributed by atoms with E-state index in [0.29, 0.717) is 6.61 Å². The van der Waals surface area contributed by atoms with Crippen LogP contribution in [0.5, 0.6) is 0 Å². The van der Waals surface area contributed by atoms with Gasteiger partial charge in [0.25, 0.3) is 0 Å². The largest absolute Gasteiger partial charge is 0.479 e. The number of nitrogens with zero attached hydrogens (tertiary/aromatic N) is 1. The lowest BCUT2D eigenvalue weighted by atomic mass is 10.1. The summed E-state index contributed by atoms with van der Waals surface area (Å²) in [6.07, 6.45) is 0. The zero-order valence-corrected chi connectivity index (χ0v) is 13.9. The highest BCUT2D eigenvalue weighted by molar-refractivity contribution is 5.76. The lowest BCUT2D eigenvalue weighted by molar-refractivity contribution is -0.162. The number of fused-ring (bicyclic) bond motifs is 1. The van der Waals surface area contributed by atoms with Gasteiger partial charge in [-0.2, -0.15) is 0 Å². The van der Waals surface area contributed by atoms with E-state index < -0.39 is 11.6 Å². The van der Waals surface area contributed by atoms with E-state index in [1.165, 1.54) is 5.56 Å². The average molecular weight is 326 g/mol. The number of anilines is 1. The maximum absolute atomic E-state index is 11.2. The Labute approximate surface area is 141 Å². The van der Waals surface area contributed by atoms with Crippen molar-refractivity contribution in [2.24, 2.45) is 0 Å². The molecule has 2 aromatic rings. The van der Waals surface area contributed by atoms with Crippen LogP contribution >= 0.6 is 0 Å². The molecule has 126 valence electrons. The molecule has 0 fully saturated rings. The Morgan fingerprint density at radius 2 is 1.83 bits per heavy atom. The number of carboxylic acids is 1. The van der Waals surface area contributed by atoms with Gasteiger partial charge in [0.2, 0.25) is 0 Å². The highest BCUT2D eigenvalue weighted by Crippen LogP contribution is 2.34. The molecule has 5 nitrogen and oxygen atoms in total. The van der Waals surface area contributed by atoms with Gasteiger partial charge in [-0.25, -0.2) is 10.2 Å². The van der Waals surface area contributed by atoms with Crippen LogP contribution in [0.2, 0.25) is 0 Å². The highest BCUT2D eigenvalue weighted by Gasteiger charge is 2.33. The number of benzene rings is 2. The number of rotatable bonds is 6. The van der Waals surface area contributed by atoms with E-state index >= 15 is 0 Å². The van der Waals surface area contributed by atoms with Gasteiger partial charge >= 0.3 is 5.97 Å². The van der Waals surface area contributed by atoms with Crippen LogP contribution < -0.4 is 10.4 Å². The minimum absolute atomic E-state index is 0.0662.